The number of para-hydroxylation sites is 1. The van der Waals surface area contributed by atoms with Crippen molar-refractivity contribution in [3.05, 3.63) is 77.5 Å². The van der Waals surface area contributed by atoms with Gasteiger partial charge in [-0.25, -0.2) is 9.48 Å². The number of nitrogens with zero attached hydrogens (tertiary/aromatic N) is 3. The molecule has 2 aromatic carbocycles. The SMILES string of the molecule is C[C@@H](C#N)OC(=O)/C=C/c1cn(-c2ccccc2)nc1-c1ccc(Cl)cc1. The fourth-order valence-electron chi connectivity index (χ4n) is 2.45. The number of hydrogen-bond acceptors (Lipinski definition) is 4. The number of hydrogen-bond donors (Lipinski definition) is 0. The Morgan fingerprint density at radius 1 is 1.22 bits per heavy atom. The van der Waals surface area contributed by atoms with Crippen molar-refractivity contribution in [1.82, 2.24) is 9.78 Å². The highest BCUT2D eigenvalue weighted by Gasteiger charge is 2.12. The zero-order valence-corrected chi connectivity index (χ0v) is 15.3. The van der Waals surface area contributed by atoms with Crippen LogP contribution in [-0.2, 0) is 9.53 Å². The minimum atomic E-state index is -0.801. The van der Waals surface area contributed by atoms with Crippen molar-refractivity contribution in [1.29, 1.82) is 5.26 Å². The van der Waals surface area contributed by atoms with E-state index in [0.717, 1.165) is 16.8 Å². The third kappa shape index (κ3) is 4.63. The molecule has 0 aliphatic rings. The van der Waals surface area contributed by atoms with Gasteiger partial charge in [0, 0.05) is 28.4 Å². The van der Waals surface area contributed by atoms with Crippen LogP contribution >= 0.6 is 11.6 Å². The third-order valence-electron chi connectivity index (χ3n) is 3.75. The molecule has 0 saturated heterocycles. The zero-order valence-electron chi connectivity index (χ0n) is 14.5. The van der Waals surface area contributed by atoms with Gasteiger partial charge in [-0.3, -0.25) is 0 Å². The predicted molar refractivity (Wildman–Crippen MR) is 104 cm³/mol. The summed E-state index contributed by atoms with van der Waals surface area (Å²) in [6, 6.07) is 18.8. The molecule has 0 spiro atoms. The average molecular weight is 378 g/mol. The standard InChI is InChI=1S/C21H16ClN3O2/c1-15(13-23)27-20(26)12-9-17-14-25(19-5-3-2-4-6-19)24-21(17)16-7-10-18(22)11-8-16/h2-12,14-15H,1H3/b12-9+/t15-/m0/s1. The molecule has 0 unspecified atom stereocenters. The van der Waals surface area contributed by atoms with E-state index in [2.05, 4.69) is 5.10 Å². The fourth-order valence-corrected chi connectivity index (χ4v) is 2.58. The molecule has 0 aliphatic carbocycles. The minimum Gasteiger partial charge on any atom is -0.444 e. The van der Waals surface area contributed by atoms with Gasteiger partial charge in [0.25, 0.3) is 0 Å². The Morgan fingerprint density at radius 3 is 2.59 bits per heavy atom. The van der Waals surface area contributed by atoms with Crippen molar-refractivity contribution in [2.75, 3.05) is 0 Å². The molecule has 0 aliphatic heterocycles. The second-order valence-electron chi connectivity index (χ2n) is 5.76. The zero-order chi connectivity index (χ0) is 19.2. The monoisotopic (exact) mass is 377 g/mol. The van der Waals surface area contributed by atoms with Crippen LogP contribution in [-0.4, -0.2) is 21.9 Å². The van der Waals surface area contributed by atoms with Crippen molar-refractivity contribution >= 4 is 23.6 Å². The Labute approximate surface area is 162 Å². The van der Waals surface area contributed by atoms with Gasteiger partial charge in [0.2, 0.25) is 0 Å². The van der Waals surface area contributed by atoms with Crippen molar-refractivity contribution in [2.45, 2.75) is 13.0 Å². The van der Waals surface area contributed by atoms with Crippen LogP contribution in [0.1, 0.15) is 12.5 Å². The summed E-state index contributed by atoms with van der Waals surface area (Å²) in [7, 11) is 0. The number of aromatic nitrogens is 2. The average Bonchev–Trinajstić information content (AvgIpc) is 3.12. The molecule has 0 N–H and O–H groups in total. The molecule has 5 nitrogen and oxygen atoms in total. The summed E-state index contributed by atoms with van der Waals surface area (Å²) in [6.07, 6.45) is 3.95. The molecule has 27 heavy (non-hydrogen) atoms. The van der Waals surface area contributed by atoms with Gasteiger partial charge in [-0.1, -0.05) is 41.9 Å². The molecule has 0 fully saturated rings. The number of nitriles is 1. The highest BCUT2D eigenvalue weighted by atomic mass is 35.5. The third-order valence-corrected chi connectivity index (χ3v) is 4.01. The van der Waals surface area contributed by atoms with E-state index in [4.69, 9.17) is 21.6 Å². The summed E-state index contributed by atoms with van der Waals surface area (Å²) in [6.45, 7) is 1.51. The van der Waals surface area contributed by atoms with Crippen molar-refractivity contribution in [3.8, 4) is 23.0 Å². The summed E-state index contributed by atoms with van der Waals surface area (Å²) in [5, 5.41) is 14.0. The van der Waals surface area contributed by atoms with Crippen LogP contribution in [0.5, 0.6) is 0 Å². The van der Waals surface area contributed by atoms with Gasteiger partial charge < -0.3 is 4.74 Å². The highest BCUT2D eigenvalue weighted by Crippen LogP contribution is 2.26. The van der Waals surface area contributed by atoms with Gasteiger partial charge in [-0.15, -0.1) is 0 Å². The van der Waals surface area contributed by atoms with Crippen LogP contribution < -0.4 is 0 Å². The quantitative estimate of drug-likeness (QED) is 0.479. The first-order valence-corrected chi connectivity index (χ1v) is 8.64. The number of carbonyl (C=O) groups is 1. The lowest BCUT2D eigenvalue weighted by Gasteiger charge is -2.02. The topological polar surface area (TPSA) is 67.9 Å². The van der Waals surface area contributed by atoms with Gasteiger partial charge >= 0.3 is 5.97 Å². The first-order valence-electron chi connectivity index (χ1n) is 8.26. The lowest BCUT2D eigenvalue weighted by atomic mass is 10.1. The molecule has 0 bridgehead atoms. The normalized spacial score (nSPS) is 11.9. The number of esters is 1. The highest BCUT2D eigenvalue weighted by molar-refractivity contribution is 6.30. The molecule has 0 radical (unpaired) electrons. The van der Waals surface area contributed by atoms with E-state index in [1.54, 1.807) is 22.9 Å². The lowest BCUT2D eigenvalue weighted by molar-refractivity contribution is -0.139. The largest absolute Gasteiger partial charge is 0.444 e. The number of halogens is 1. The second-order valence-corrected chi connectivity index (χ2v) is 6.20. The Kier molecular flexibility index (Phi) is 5.70. The maximum atomic E-state index is 11.9. The molecular formula is C21H16ClN3O2. The van der Waals surface area contributed by atoms with Gasteiger partial charge in [-0.2, -0.15) is 10.4 Å². The fraction of sp³-hybridized carbons (Fsp3) is 0.0952. The first-order chi connectivity index (χ1) is 13.1. The number of ether oxygens (including phenoxy) is 1. The summed E-state index contributed by atoms with van der Waals surface area (Å²) < 4.78 is 6.69. The van der Waals surface area contributed by atoms with Gasteiger partial charge in [-0.05, 0) is 37.3 Å². The molecule has 134 valence electrons. The summed E-state index contributed by atoms with van der Waals surface area (Å²) in [5.41, 5.74) is 3.20. The van der Waals surface area contributed by atoms with Crippen molar-refractivity contribution < 1.29 is 9.53 Å². The predicted octanol–water partition coefficient (Wildman–Crippen LogP) is 4.66. The molecule has 1 aromatic heterocycles. The Bertz CT molecular complexity index is 1000. The van der Waals surface area contributed by atoms with Gasteiger partial charge in [0.15, 0.2) is 6.10 Å². The van der Waals surface area contributed by atoms with Crippen LogP contribution in [0.3, 0.4) is 0 Å². The Morgan fingerprint density at radius 2 is 1.93 bits per heavy atom. The summed E-state index contributed by atoms with van der Waals surface area (Å²) >= 11 is 5.98. The van der Waals surface area contributed by atoms with Crippen LogP contribution in [0.2, 0.25) is 5.02 Å². The molecule has 1 atom stereocenters. The number of rotatable bonds is 5. The van der Waals surface area contributed by atoms with Gasteiger partial charge in [0.05, 0.1) is 11.4 Å². The molecule has 0 amide bonds. The van der Waals surface area contributed by atoms with Crippen LogP contribution in [0.15, 0.2) is 66.9 Å². The van der Waals surface area contributed by atoms with Crippen LogP contribution in [0, 0.1) is 11.3 Å². The smallest absolute Gasteiger partial charge is 0.332 e. The maximum Gasteiger partial charge on any atom is 0.332 e. The van der Waals surface area contributed by atoms with Gasteiger partial charge in [0.1, 0.15) is 6.07 Å². The molecule has 3 rings (SSSR count). The number of carbonyl (C=O) groups excluding carboxylic acids is 1. The maximum absolute atomic E-state index is 11.9. The molecule has 6 heteroatoms. The molecule has 0 saturated carbocycles. The van der Waals surface area contributed by atoms with Crippen molar-refractivity contribution in [3.63, 3.8) is 0 Å². The van der Waals surface area contributed by atoms with Crippen LogP contribution in [0.25, 0.3) is 23.0 Å². The van der Waals surface area contributed by atoms with E-state index in [9.17, 15) is 4.79 Å². The molecular weight excluding hydrogens is 362 g/mol. The minimum absolute atomic E-state index is 0.585. The Hall–Kier alpha value is -3.36. The summed E-state index contributed by atoms with van der Waals surface area (Å²) in [4.78, 5) is 11.9. The van der Waals surface area contributed by atoms with E-state index < -0.39 is 12.1 Å². The van der Waals surface area contributed by atoms with E-state index in [1.807, 2.05) is 54.7 Å². The summed E-state index contributed by atoms with van der Waals surface area (Å²) in [5.74, 6) is -0.585. The van der Waals surface area contributed by atoms with E-state index in [-0.39, 0.29) is 0 Å². The lowest BCUT2D eigenvalue weighted by Crippen LogP contribution is -2.10. The first kappa shape index (κ1) is 18.4. The van der Waals surface area contributed by atoms with Crippen molar-refractivity contribution in [2.24, 2.45) is 0 Å². The Balaban J connectivity index is 1.98. The molecule has 3 aromatic rings. The molecule has 1 heterocycles. The van der Waals surface area contributed by atoms with E-state index in [1.165, 1.54) is 13.0 Å². The van der Waals surface area contributed by atoms with E-state index in [0.29, 0.717) is 10.7 Å². The van der Waals surface area contributed by atoms with E-state index >= 15 is 0 Å². The van der Waals surface area contributed by atoms with Crippen LogP contribution in [0.4, 0.5) is 0 Å². The second kappa shape index (κ2) is 8.35. The number of benzene rings is 2.